The van der Waals surface area contributed by atoms with E-state index in [2.05, 4.69) is 22.3 Å². The normalized spacial score (nSPS) is 23.8. The maximum absolute atomic E-state index is 12.9. The molecule has 0 bridgehead atoms. The molecule has 0 spiro atoms. The lowest BCUT2D eigenvalue weighted by Crippen LogP contribution is -2.46. The summed E-state index contributed by atoms with van der Waals surface area (Å²) in [7, 11) is 0. The van der Waals surface area contributed by atoms with Crippen molar-refractivity contribution in [2.24, 2.45) is 0 Å². The van der Waals surface area contributed by atoms with Crippen molar-refractivity contribution in [2.45, 2.75) is 38.4 Å². The highest BCUT2D eigenvalue weighted by Crippen LogP contribution is 2.28. The summed E-state index contributed by atoms with van der Waals surface area (Å²) in [6.45, 7) is 3.21. The van der Waals surface area contributed by atoms with E-state index < -0.39 is 0 Å². The van der Waals surface area contributed by atoms with Crippen LogP contribution in [0.4, 0.5) is 0 Å². The van der Waals surface area contributed by atoms with Crippen LogP contribution in [-0.4, -0.2) is 40.2 Å². The molecule has 5 heteroatoms. The van der Waals surface area contributed by atoms with E-state index in [9.17, 15) is 4.79 Å². The molecule has 2 aliphatic rings. The highest BCUT2D eigenvalue weighted by Gasteiger charge is 2.33. The smallest absolute Gasteiger partial charge is 0.274 e. The van der Waals surface area contributed by atoms with Gasteiger partial charge in [-0.3, -0.25) is 9.89 Å². The number of hydrogen-bond acceptors (Lipinski definition) is 3. The molecule has 23 heavy (non-hydrogen) atoms. The van der Waals surface area contributed by atoms with Gasteiger partial charge >= 0.3 is 0 Å². The number of hydrogen-bond donors (Lipinski definition) is 1. The number of ether oxygens (including phenoxy) is 1. The van der Waals surface area contributed by atoms with Crippen LogP contribution in [0.5, 0.6) is 0 Å². The number of aryl methyl sites for hydroxylation is 1. The van der Waals surface area contributed by atoms with E-state index in [0.29, 0.717) is 18.8 Å². The molecule has 1 N–H and O–H groups in total. The minimum absolute atomic E-state index is 0.0184. The van der Waals surface area contributed by atoms with Gasteiger partial charge in [0, 0.05) is 17.8 Å². The summed E-state index contributed by atoms with van der Waals surface area (Å²) in [5.74, 6) is 0.0282. The van der Waals surface area contributed by atoms with E-state index in [-0.39, 0.29) is 18.1 Å². The fraction of sp³-hybridized carbons (Fsp3) is 0.444. The van der Waals surface area contributed by atoms with Crippen molar-refractivity contribution in [3.05, 3.63) is 52.8 Å². The number of carbonyl (C=O) groups excluding carboxylic acids is 1. The average molecular weight is 311 g/mol. The molecular formula is C18H21N3O2. The van der Waals surface area contributed by atoms with Gasteiger partial charge in [0.15, 0.2) is 5.69 Å². The lowest BCUT2D eigenvalue weighted by atomic mass is 10.1. The zero-order valence-electron chi connectivity index (χ0n) is 13.3. The van der Waals surface area contributed by atoms with Crippen molar-refractivity contribution in [2.75, 3.05) is 13.1 Å². The lowest BCUT2D eigenvalue weighted by Gasteiger charge is -2.36. The van der Waals surface area contributed by atoms with Crippen LogP contribution in [0.15, 0.2) is 30.3 Å². The third-order valence-corrected chi connectivity index (χ3v) is 4.73. The van der Waals surface area contributed by atoms with Crippen LogP contribution in [0, 0.1) is 0 Å². The number of carbonyl (C=O) groups is 1. The molecule has 5 nitrogen and oxygen atoms in total. The number of rotatable bonds is 2. The summed E-state index contributed by atoms with van der Waals surface area (Å²) < 4.78 is 6.04. The SMILES string of the molecule is CC1CN(C(=O)c2n[nH]c3c2CCC3)CC(c2ccccc2)O1. The number of H-pyrrole nitrogens is 1. The third kappa shape index (κ3) is 2.65. The van der Waals surface area contributed by atoms with Gasteiger partial charge in [-0.25, -0.2) is 0 Å². The second-order valence-electron chi connectivity index (χ2n) is 6.44. The molecule has 2 unspecified atom stereocenters. The van der Waals surface area contributed by atoms with Crippen molar-refractivity contribution in [1.29, 1.82) is 0 Å². The first-order valence-electron chi connectivity index (χ1n) is 8.28. The largest absolute Gasteiger partial charge is 0.367 e. The van der Waals surface area contributed by atoms with Gasteiger partial charge in [0.05, 0.1) is 12.6 Å². The maximum atomic E-state index is 12.9. The second-order valence-corrected chi connectivity index (χ2v) is 6.44. The van der Waals surface area contributed by atoms with Gasteiger partial charge in [-0.1, -0.05) is 30.3 Å². The Hall–Kier alpha value is -2.14. The van der Waals surface area contributed by atoms with Crippen molar-refractivity contribution in [3.8, 4) is 0 Å². The minimum Gasteiger partial charge on any atom is -0.367 e. The summed E-state index contributed by atoms with van der Waals surface area (Å²) in [4.78, 5) is 14.8. The predicted octanol–water partition coefficient (Wildman–Crippen LogP) is 2.50. The summed E-state index contributed by atoms with van der Waals surface area (Å²) in [5, 5.41) is 7.31. The summed E-state index contributed by atoms with van der Waals surface area (Å²) in [6, 6.07) is 10.1. The van der Waals surface area contributed by atoms with Gasteiger partial charge in [0.2, 0.25) is 0 Å². The fourth-order valence-electron chi connectivity index (χ4n) is 3.61. The number of fused-ring (bicyclic) bond motifs is 1. The quantitative estimate of drug-likeness (QED) is 0.927. The van der Waals surface area contributed by atoms with Crippen LogP contribution in [0.25, 0.3) is 0 Å². The van der Waals surface area contributed by atoms with Gasteiger partial charge in [0.1, 0.15) is 6.10 Å². The van der Waals surface area contributed by atoms with Gasteiger partial charge in [-0.15, -0.1) is 0 Å². The molecule has 0 saturated carbocycles. The first-order valence-corrected chi connectivity index (χ1v) is 8.28. The van der Waals surface area contributed by atoms with Crippen LogP contribution < -0.4 is 0 Å². The van der Waals surface area contributed by atoms with E-state index in [1.165, 1.54) is 0 Å². The lowest BCUT2D eigenvalue weighted by molar-refractivity contribution is -0.0693. The molecule has 1 aromatic carbocycles. The minimum atomic E-state index is -0.0732. The van der Waals surface area contributed by atoms with Crippen molar-refractivity contribution >= 4 is 5.91 Å². The molecule has 120 valence electrons. The molecule has 2 aromatic rings. The molecule has 2 atom stereocenters. The Morgan fingerprint density at radius 1 is 1.26 bits per heavy atom. The number of nitrogens with one attached hydrogen (secondary N) is 1. The Bertz CT molecular complexity index is 710. The molecule has 1 aliphatic carbocycles. The Kier molecular flexibility index (Phi) is 3.65. The third-order valence-electron chi connectivity index (χ3n) is 4.73. The van der Waals surface area contributed by atoms with Crippen molar-refractivity contribution in [3.63, 3.8) is 0 Å². The molecule has 0 radical (unpaired) electrons. The van der Waals surface area contributed by atoms with E-state index in [4.69, 9.17) is 4.74 Å². The zero-order chi connectivity index (χ0) is 15.8. The molecule has 1 fully saturated rings. The van der Waals surface area contributed by atoms with Gasteiger partial charge < -0.3 is 9.64 Å². The molecule has 1 aliphatic heterocycles. The summed E-state index contributed by atoms with van der Waals surface area (Å²) >= 11 is 0. The molecule has 1 amide bonds. The molecule has 1 aromatic heterocycles. The topological polar surface area (TPSA) is 58.2 Å². The first kappa shape index (κ1) is 14.5. The first-order chi connectivity index (χ1) is 11.2. The number of benzene rings is 1. The number of nitrogens with zero attached hydrogens (tertiary/aromatic N) is 2. The Balaban J connectivity index is 1.57. The predicted molar refractivity (Wildman–Crippen MR) is 86.2 cm³/mol. The zero-order valence-corrected chi connectivity index (χ0v) is 13.3. The number of aromatic nitrogens is 2. The molecule has 1 saturated heterocycles. The van der Waals surface area contributed by atoms with E-state index in [1.807, 2.05) is 30.0 Å². The monoisotopic (exact) mass is 311 g/mol. The van der Waals surface area contributed by atoms with Crippen LogP contribution in [0.3, 0.4) is 0 Å². The fourth-order valence-corrected chi connectivity index (χ4v) is 3.61. The van der Waals surface area contributed by atoms with Gasteiger partial charge in [-0.2, -0.15) is 5.10 Å². The van der Waals surface area contributed by atoms with Crippen molar-refractivity contribution < 1.29 is 9.53 Å². The van der Waals surface area contributed by atoms with E-state index >= 15 is 0 Å². The highest BCUT2D eigenvalue weighted by molar-refractivity contribution is 5.94. The number of amides is 1. The van der Waals surface area contributed by atoms with Crippen LogP contribution >= 0.6 is 0 Å². The Morgan fingerprint density at radius 3 is 2.91 bits per heavy atom. The summed E-state index contributed by atoms with van der Waals surface area (Å²) in [6.07, 6.45) is 3.01. The second kappa shape index (κ2) is 5.81. The number of morpholine rings is 1. The van der Waals surface area contributed by atoms with Crippen molar-refractivity contribution in [1.82, 2.24) is 15.1 Å². The van der Waals surface area contributed by atoms with Gasteiger partial charge in [-0.05, 0) is 31.7 Å². The Labute approximate surface area is 135 Å². The van der Waals surface area contributed by atoms with Crippen LogP contribution in [0.2, 0.25) is 0 Å². The van der Waals surface area contributed by atoms with E-state index in [0.717, 1.165) is 36.1 Å². The highest BCUT2D eigenvalue weighted by atomic mass is 16.5. The molecular weight excluding hydrogens is 290 g/mol. The molecule has 2 heterocycles. The van der Waals surface area contributed by atoms with E-state index in [1.54, 1.807) is 0 Å². The Morgan fingerprint density at radius 2 is 2.09 bits per heavy atom. The van der Waals surface area contributed by atoms with Gasteiger partial charge in [0.25, 0.3) is 5.91 Å². The maximum Gasteiger partial charge on any atom is 0.274 e. The summed E-state index contributed by atoms with van der Waals surface area (Å²) in [5.41, 5.74) is 3.97. The number of aromatic amines is 1. The van der Waals surface area contributed by atoms with Crippen LogP contribution in [0.1, 0.15) is 46.8 Å². The average Bonchev–Trinajstić information content (AvgIpc) is 3.18. The van der Waals surface area contributed by atoms with Crippen LogP contribution in [-0.2, 0) is 17.6 Å². The molecule has 4 rings (SSSR count). The standard InChI is InChI=1S/C18H21N3O2/c1-12-10-21(11-16(23-12)13-6-3-2-4-7-13)18(22)17-14-8-5-9-15(14)19-20-17/h2-4,6-7,12,16H,5,8-11H2,1H3,(H,19,20).